The molecule has 1 rings (SSSR count). The highest BCUT2D eigenvalue weighted by atomic mass is 31.2. The molecule has 1 unspecified atom stereocenters. The fourth-order valence-corrected chi connectivity index (χ4v) is 2.48. The van der Waals surface area contributed by atoms with E-state index in [0.29, 0.717) is 0 Å². The number of carbonyl (C=O) groups excluding carboxylic acids is 1. The van der Waals surface area contributed by atoms with Crippen LogP contribution in [0.2, 0.25) is 0 Å². The molecule has 0 aliphatic carbocycles. The first-order chi connectivity index (χ1) is 8.94. The predicted molar refractivity (Wildman–Crippen MR) is 67.0 cm³/mol. The van der Waals surface area contributed by atoms with Crippen molar-refractivity contribution in [2.45, 2.75) is 5.78 Å². The molecule has 0 fully saturated rings. The van der Waals surface area contributed by atoms with Gasteiger partial charge < -0.3 is 19.5 Å². The van der Waals surface area contributed by atoms with Crippen LogP contribution in [0.1, 0.15) is 10.4 Å². The Balaban J connectivity index is 2.95. The second kappa shape index (κ2) is 6.47. The molecule has 19 heavy (non-hydrogen) atoms. The highest BCUT2D eigenvalue weighted by molar-refractivity contribution is 7.55. The van der Waals surface area contributed by atoms with Gasteiger partial charge in [0.25, 0.3) is 5.91 Å². The Morgan fingerprint density at radius 3 is 2.16 bits per heavy atom. The number of carboxylic acid groups (broad SMARTS) is 1. The number of benzene rings is 1. The van der Waals surface area contributed by atoms with Gasteiger partial charge in [-0.3, -0.25) is 9.36 Å². The van der Waals surface area contributed by atoms with Crippen LogP contribution in [-0.4, -0.2) is 37.0 Å². The Morgan fingerprint density at radius 2 is 1.74 bits per heavy atom. The fraction of sp³-hybridized carbons (Fsp3) is 0.273. The smallest absolute Gasteiger partial charge is 0.363 e. The summed E-state index contributed by atoms with van der Waals surface area (Å²) in [6.45, 7) is 0. The summed E-state index contributed by atoms with van der Waals surface area (Å²) in [4.78, 5) is 22.9. The molecule has 0 aromatic heterocycles. The van der Waals surface area contributed by atoms with E-state index in [0.717, 1.165) is 14.2 Å². The van der Waals surface area contributed by atoms with Gasteiger partial charge in [0.2, 0.25) is 5.78 Å². The Hall–Kier alpha value is -1.69. The van der Waals surface area contributed by atoms with E-state index in [4.69, 9.17) is 5.11 Å². The Kier molecular flexibility index (Phi) is 5.23. The minimum absolute atomic E-state index is 0.243. The lowest BCUT2D eigenvalue weighted by Gasteiger charge is -2.21. The molecule has 8 heteroatoms. The standard InChI is InChI=1S/C11H14NO6P/c1-17-19(16,18-2)10(11(14)15)12-9(13)8-6-4-3-5-7-8/h3-7,10H,1-2H3,(H,12,13)(H,14,15). The van der Waals surface area contributed by atoms with E-state index in [1.807, 2.05) is 0 Å². The number of rotatable bonds is 6. The third-order valence-corrected chi connectivity index (χ3v) is 4.36. The number of aliphatic carboxylic acids is 1. The molecular formula is C11H14NO6P. The topological polar surface area (TPSA) is 102 Å². The van der Waals surface area contributed by atoms with Crippen molar-refractivity contribution in [1.29, 1.82) is 0 Å². The average Bonchev–Trinajstić information content (AvgIpc) is 2.44. The highest BCUT2D eigenvalue weighted by Crippen LogP contribution is 2.50. The van der Waals surface area contributed by atoms with Crippen molar-refractivity contribution in [3.05, 3.63) is 35.9 Å². The van der Waals surface area contributed by atoms with Gasteiger partial charge in [0.15, 0.2) is 0 Å². The molecule has 0 radical (unpaired) electrons. The SMILES string of the molecule is COP(=O)(OC)C(NC(=O)c1ccccc1)C(=O)O. The lowest BCUT2D eigenvalue weighted by molar-refractivity contribution is -0.137. The fourth-order valence-electron chi connectivity index (χ4n) is 1.36. The summed E-state index contributed by atoms with van der Waals surface area (Å²) < 4.78 is 21.2. The van der Waals surface area contributed by atoms with Gasteiger partial charge in [0.1, 0.15) is 0 Å². The Labute approximate surface area is 110 Å². The van der Waals surface area contributed by atoms with Gasteiger partial charge in [-0.05, 0) is 12.1 Å². The first kappa shape index (κ1) is 15.4. The summed E-state index contributed by atoms with van der Waals surface area (Å²) >= 11 is 0. The van der Waals surface area contributed by atoms with Gasteiger partial charge in [-0.15, -0.1) is 0 Å². The molecular weight excluding hydrogens is 273 g/mol. The zero-order valence-corrected chi connectivity index (χ0v) is 11.3. The second-order valence-corrected chi connectivity index (χ2v) is 5.81. The van der Waals surface area contributed by atoms with Crippen LogP contribution >= 0.6 is 7.60 Å². The summed E-state index contributed by atoms with van der Waals surface area (Å²) in [6, 6.07) is 7.95. The van der Waals surface area contributed by atoms with Crippen molar-refractivity contribution in [2.75, 3.05) is 14.2 Å². The lowest BCUT2D eigenvalue weighted by Crippen LogP contribution is -2.41. The van der Waals surface area contributed by atoms with Crippen LogP contribution in [-0.2, 0) is 18.4 Å². The molecule has 104 valence electrons. The van der Waals surface area contributed by atoms with E-state index in [9.17, 15) is 14.2 Å². The van der Waals surface area contributed by atoms with Crippen molar-refractivity contribution in [3.8, 4) is 0 Å². The molecule has 2 N–H and O–H groups in total. The van der Waals surface area contributed by atoms with Crippen molar-refractivity contribution in [2.24, 2.45) is 0 Å². The Bertz CT molecular complexity index is 495. The van der Waals surface area contributed by atoms with Crippen molar-refractivity contribution < 1.29 is 28.3 Å². The third kappa shape index (κ3) is 3.64. The predicted octanol–water partition coefficient (Wildman–Crippen LogP) is 1.31. The molecule has 7 nitrogen and oxygen atoms in total. The normalized spacial score (nSPS) is 12.7. The largest absolute Gasteiger partial charge is 0.479 e. The number of hydrogen-bond donors (Lipinski definition) is 2. The minimum Gasteiger partial charge on any atom is -0.479 e. The number of amides is 1. The van der Waals surface area contributed by atoms with Crippen LogP contribution in [0.15, 0.2) is 30.3 Å². The lowest BCUT2D eigenvalue weighted by atomic mass is 10.2. The first-order valence-corrected chi connectivity index (χ1v) is 6.85. The Morgan fingerprint density at radius 1 is 1.21 bits per heavy atom. The van der Waals surface area contributed by atoms with E-state index >= 15 is 0 Å². The van der Waals surface area contributed by atoms with Crippen molar-refractivity contribution in [3.63, 3.8) is 0 Å². The summed E-state index contributed by atoms with van der Waals surface area (Å²) in [6.07, 6.45) is 0. The van der Waals surface area contributed by atoms with Crippen molar-refractivity contribution >= 4 is 19.5 Å². The van der Waals surface area contributed by atoms with E-state index in [2.05, 4.69) is 14.4 Å². The monoisotopic (exact) mass is 287 g/mol. The van der Waals surface area contributed by atoms with Crippen LogP contribution < -0.4 is 5.32 Å². The second-order valence-electron chi connectivity index (χ2n) is 3.49. The number of carboxylic acids is 1. The van der Waals surface area contributed by atoms with E-state index < -0.39 is 25.3 Å². The molecule has 1 aromatic rings. The van der Waals surface area contributed by atoms with Crippen LogP contribution in [0.3, 0.4) is 0 Å². The van der Waals surface area contributed by atoms with Crippen LogP contribution in [0.25, 0.3) is 0 Å². The zero-order valence-electron chi connectivity index (χ0n) is 10.4. The summed E-state index contributed by atoms with van der Waals surface area (Å²) in [5.41, 5.74) is 0.243. The molecule has 1 amide bonds. The van der Waals surface area contributed by atoms with E-state index in [1.54, 1.807) is 18.2 Å². The number of nitrogens with one attached hydrogen (secondary N) is 1. The van der Waals surface area contributed by atoms with Gasteiger partial charge >= 0.3 is 13.6 Å². The van der Waals surface area contributed by atoms with Crippen LogP contribution in [0, 0.1) is 0 Å². The average molecular weight is 287 g/mol. The molecule has 0 spiro atoms. The molecule has 0 saturated heterocycles. The number of hydrogen-bond acceptors (Lipinski definition) is 5. The van der Waals surface area contributed by atoms with Gasteiger partial charge in [0, 0.05) is 19.8 Å². The maximum Gasteiger partial charge on any atom is 0.363 e. The van der Waals surface area contributed by atoms with Gasteiger partial charge in [0.05, 0.1) is 0 Å². The molecule has 0 aliphatic heterocycles. The quantitative estimate of drug-likeness (QED) is 0.765. The number of carbonyl (C=O) groups is 2. The molecule has 0 aliphatic rings. The van der Waals surface area contributed by atoms with E-state index in [-0.39, 0.29) is 5.56 Å². The maximum absolute atomic E-state index is 12.0. The minimum atomic E-state index is -3.95. The summed E-state index contributed by atoms with van der Waals surface area (Å²) in [5.74, 6) is -3.95. The molecule has 0 saturated carbocycles. The highest BCUT2D eigenvalue weighted by Gasteiger charge is 2.41. The summed E-state index contributed by atoms with van der Waals surface area (Å²) in [7, 11) is -1.85. The van der Waals surface area contributed by atoms with Crippen LogP contribution in [0.5, 0.6) is 0 Å². The van der Waals surface area contributed by atoms with Crippen LogP contribution in [0.4, 0.5) is 0 Å². The van der Waals surface area contributed by atoms with Gasteiger partial charge in [-0.2, -0.15) is 0 Å². The third-order valence-electron chi connectivity index (χ3n) is 2.36. The molecule has 0 bridgehead atoms. The van der Waals surface area contributed by atoms with E-state index in [1.165, 1.54) is 12.1 Å². The molecule has 1 atom stereocenters. The molecule has 1 aromatic carbocycles. The van der Waals surface area contributed by atoms with Crippen molar-refractivity contribution in [1.82, 2.24) is 5.32 Å². The zero-order chi connectivity index (χ0) is 14.5. The van der Waals surface area contributed by atoms with Gasteiger partial charge in [-0.1, -0.05) is 18.2 Å². The molecule has 0 heterocycles. The first-order valence-electron chi connectivity index (χ1n) is 5.24. The summed E-state index contributed by atoms with van der Waals surface area (Å²) in [5, 5.41) is 11.1. The van der Waals surface area contributed by atoms with Gasteiger partial charge in [-0.25, -0.2) is 4.79 Å². The maximum atomic E-state index is 12.0.